The monoisotopic (exact) mass is 488 g/mol. The predicted molar refractivity (Wildman–Crippen MR) is 128 cm³/mol. The molecule has 0 aliphatic carbocycles. The lowest BCUT2D eigenvalue weighted by Gasteiger charge is -2.15. The smallest absolute Gasteiger partial charge is 0.308 e. The molecule has 9 heteroatoms. The van der Waals surface area contributed by atoms with Gasteiger partial charge in [-0.2, -0.15) is 0 Å². The number of halogens is 1. The van der Waals surface area contributed by atoms with Gasteiger partial charge in [-0.1, -0.05) is 53.3 Å². The minimum absolute atomic E-state index is 0.108. The van der Waals surface area contributed by atoms with Crippen molar-refractivity contribution in [1.29, 1.82) is 0 Å². The van der Waals surface area contributed by atoms with Crippen LogP contribution in [0.25, 0.3) is 10.2 Å². The van der Waals surface area contributed by atoms with Crippen molar-refractivity contribution in [3.05, 3.63) is 92.5 Å². The van der Waals surface area contributed by atoms with Crippen LogP contribution in [0.5, 0.6) is 5.75 Å². The van der Waals surface area contributed by atoms with Crippen molar-refractivity contribution in [1.82, 2.24) is 9.29 Å². The van der Waals surface area contributed by atoms with Crippen molar-refractivity contribution in [2.24, 2.45) is 0 Å². The first kappa shape index (κ1) is 22.5. The van der Waals surface area contributed by atoms with Crippen LogP contribution in [0.1, 0.15) is 24.1 Å². The highest BCUT2D eigenvalue weighted by Gasteiger charge is 2.20. The summed E-state index contributed by atoms with van der Waals surface area (Å²) in [4.78, 5) is 12.5. The van der Waals surface area contributed by atoms with E-state index in [1.54, 1.807) is 42.9 Å². The Kier molecular flexibility index (Phi) is 6.39. The SMILES string of the molecule is COc1ccc([C@@H](C)NS(=O)(=O)c2ccc3c(c2)sc(=O)n3Cc2ccccc2Cl)cc1. The van der Waals surface area contributed by atoms with E-state index < -0.39 is 16.1 Å². The lowest BCUT2D eigenvalue weighted by atomic mass is 10.1. The quantitative estimate of drug-likeness (QED) is 0.405. The predicted octanol–water partition coefficient (Wildman–Crippen LogP) is 4.81. The third-order valence-corrected chi connectivity index (χ3v) is 8.03. The molecule has 1 atom stereocenters. The molecule has 1 N–H and O–H groups in total. The van der Waals surface area contributed by atoms with Gasteiger partial charge in [0.2, 0.25) is 10.0 Å². The van der Waals surface area contributed by atoms with Gasteiger partial charge in [0.1, 0.15) is 5.75 Å². The fourth-order valence-electron chi connectivity index (χ4n) is 3.42. The van der Waals surface area contributed by atoms with E-state index in [1.165, 1.54) is 12.1 Å². The fourth-order valence-corrected chi connectivity index (χ4v) is 5.88. The molecule has 0 unspecified atom stereocenters. The zero-order valence-corrected chi connectivity index (χ0v) is 19.8. The summed E-state index contributed by atoms with van der Waals surface area (Å²) < 4.78 is 36.0. The first-order valence-electron chi connectivity index (χ1n) is 9.81. The van der Waals surface area contributed by atoms with E-state index in [1.807, 2.05) is 30.3 Å². The molecule has 0 saturated carbocycles. The minimum Gasteiger partial charge on any atom is -0.497 e. The number of fused-ring (bicyclic) bond motifs is 1. The Morgan fingerprint density at radius 1 is 1.09 bits per heavy atom. The van der Waals surface area contributed by atoms with Gasteiger partial charge in [-0.15, -0.1) is 0 Å². The van der Waals surface area contributed by atoms with E-state index in [0.717, 1.165) is 22.5 Å². The maximum Gasteiger partial charge on any atom is 0.308 e. The highest BCUT2D eigenvalue weighted by atomic mass is 35.5. The molecule has 0 bridgehead atoms. The van der Waals surface area contributed by atoms with Crippen LogP contribution in [0, 0.1) is 0 Å². The Morgan fingerprint density at radius 2 is 1.81 bits per heavy atom. The molecule has 0 fully saturated rings. The van der Waals surface area contributed by atoms with Crippen LogP contribution in [0.15, 0.2) is 76.4 Å². The second-order valence-electron chi connectivity index (χ2n) is 7.29. The number of ether oxygens (including phenoxy) is 1. The van der Waals surface area contributed by atoms with Crippen molar-refractivity contribution in [3.8, 4) is 5.75 Å². The zero-order chi connectivity index (χ0) is 22.9. The lowest BCUT2D eigenvalue weighted by molar-refractivity contribution is 0.414. The van der Waals surface area contributed by atoms with Crippen LogP contribution in [0.4, 0.5) is 0 Å². The van der Waals surface area contributed by atoms with Gasteiger partial charge in [0.25, 0.3) is 0 Å². The molecule has 0 amide bonds. The Hall–Kier alpha value is -2.65. The molecule has 0 saturated heterocycles. The normalized spacial score (nSPS) is 12.7. The Balaban J connectivity index is 1.61. The lowest BCUT2D eigenvalue weighted by Crippen LogP contribution is -2.26. The molecule has 32 heavy (non-hydrogen) atoms. The van der Waals surface area contributed by atoms with Crippen LogP contribution < -0.4 is 14.3 Å². The van der Waals surface area contributed by atoms with Crippen LogP contribution >= 0.6 is 22.9 Å². The van der Waals surface area contributed by atoms with Gasteiger partial charge in [-0.05, 0) is 54.4 Å². The van der Waals surface area contributed by atoms with Gasteiger partial charge in [0, 0.05) is 11.1 Å². The number of methoxy groups -OCH3 is 1. The summed E-state index contributed by atoms with van der Waals surface area (Å²) in [6.45, 7) is 2.09. The molecule has 3 aromatic carbocycles. The number of aromatic nitrogens is 1. The minimum atomic E-state index is -3.79. The van der Waals surface area contributed by atoms with E-state index in [-0.39, 0.29) is 9.77 Å². The third-order valence-electron chi connectivity index (χ3n) is 5.18. The summed E-state index contributed by atoms with van der Waals surface area (Å²) >= 11 is 7.25. The molecule has 0 radical (unpaired) electrons. The van der Waals surface area contributed by atoms with E-state index >= 15 is 0 Å². The zero-order valence-electron chi connectivity index (χ0n) is 17.4. The van der Waals surface area contributed by atoms with Crippen molar-refractivity contribution in [3.63, 3.8) is 0 Å². The summed E-state index contributed by atoms with van der Waals surface area (Å²) in [5, 5.41) is 0.578. The van der Waals surface area contributed by atoms with Crippen molar-refractivity contribution in [2.45, 2.75) is 24.4 Å². The van der Waals surface area contributed by atoms with Crippen molar-refractivity contribution >= 4 is 43.2 Å². The standard InChI is InChI=1S/C23H21ClN2O4S2/c1-15(16-7-9-18(30-2)10-8-16)25-32(28,29)19-11-12-21-22(13-19)31-23(27)26(21)14-17-5-3-4-6-20(17)24/h3-13,15,25H,14H2,1-2H3/t15-/m1/s1. The number of rotatable bonds is 7. The average Bonchev–Trinajstić information content (AvgIpc) is 3.09. The third kappa shape index (κ3) is 4.59. The number of thiazole rings is 1. The van der Waals surface area contributed by atoms with Crippen molar-refractivity contribution < 1.29 is 13.2 Å². The second kappa shape index (κ2) is 9.07. The summed E-state index contributed by atoms with van der Waals surface area (Å²) in [5.41, 5.74) is 2.30. The van der Waals surface area contributed by atoms with Crippen molar-refractivity contribution in [2.75, 3.05) is 7.11 Å². The number of sulfonamides is 1. The van der Waals surface area contributed by atoms with Gasteiger partial charge >= 0.3 is 4.87 Å². The molecule has 0 aliphatic rings. The topological polar surface area (TPSA) is 77.4 Å². The molecule has 4 rings (SSSR count). The van der Waals surface area contributed by atoms with E-state index in [2.05, 4.69) is 4.72 Å². The molecule has 1 heterocycles. The molecule has 4 aromatic rings. The molecule has 166 valence electrons. The highest BCUT2D eigenvalue weighted by molar-refractivity contribution is 7.89. The largest absolute Gasteiger partial charge is 0.497 e. The maximum absolute atomic E-state index is 13.0. The Bertz CT molecular complexity index is 1430. The van der Waals surface area contributed by atoms with E-state index in [0.29, 0.717) is 27.5 Å². The van der Waals surface area contributed by atoms with Gasteiger partial charge in [-0.3, -0.25) is 9.36 Å². The van der Waals surface area contributed by atoms with Gasteiger partial charge in [0.15, 0.2) is 0 Å². The molecule has 0 aliphatic heterocycles. The van der Waals surface area contributed by atoms with E-state index in [4.69, 9.17) is 16.3 Å². The molecule has 6 nitrogen and oxygen atoms in total. The molecule has 1 aromatic heterocycles. The Morgan fingerprint density at radius 3 is 2.50 bits per heavy atom. The number of benzene rings is 3. The summed E-state index contributed by atoms with van der Waals surface area (Å²) in [6, 6.07) is 18.8. The van der Waals surface area contributed by atoms with Crippen LogP contribution in [0.2, 0.25) is 5.02 Å². The highest BCUT2D eigenvalue weighted by Crippen LogP contribution is 2.25. The number of hydrogen-bond acceptors (Lipinski definition) is 5. The maximum atomic E-state index is 13.0. The van der Waals surface area contributed by atoms with Crippen LogP contribution in [-0.2, 0) is 16.6 Å². The van der Waals surface area contributed by atoms with E-state index in [9.17, 15) is 13.2 Å². The molecular weight excluding hydrogens is 468 g/mol. The molecule has 0 spiro atoms. The second-order valence-corrected chi connectivity index (χ2v) is 10.4. The van der Waals surface area contributed by atoms with Gasteiger partial charge in [-0.25, -0.2) is 13.1 Å². The number of hydrogen-bond donors (Lipinski definition) is 1. The molecular formula is C23H21ClN2O4S2. The van der Waals surface area contributed by atoms with Crippen LogP contribution in [-0.4, -0.2) is 20.1 Å². The number of nitrogens with one attached hydrogen (secondary N) is 1. The first-order valence-corrected chi connectivity index (χ1v) is 12.5. The number of nitrogens with zero attached hydrogens (tertiary/aromatic N) is 1. The summed E-state index contributed by atoms with van der Waals surface area (Å²) in [7, 11) is -2.21. The average molecular weight is 489 g/mol. The first-order chi connectivity index (χ1) is 15.3. The van der Waals surface area contributed by atoms with Gasteiger partial charge < -0.3 is 4.74 Å². The Labute approximate surface area is 195 Å². The fraction of sp³-hybridized carbons (Fsp3) is 0.174. The summed E-state index contributed by atoms with van der Waals surface area (Å²) in [5.74, 6) is 0.700. The van der Waals surface area contributed by atoms with Gasteiger partial charge in [0.05, 0.1) is 28.8 Å². The summed E-state index contributed by atoms with van der Waals surface area (Å²) in [6.07, 6.45) is 0. The van der Waals surface area contributed by atoms with Crippen LogP contribution in [0.3, 0.4) is 0 Å².